The molecule has 0 heterocycles. The number of halogens is 2. The summed E-state index contributed by atoms with van der Waals surface area (Å²) in [4.78, 5) is 10.7. The number of aromatic hydroxyl groups is 2. The first-order chi connectivity index (χ1) is 6.37. The van der Waals surface area contributed by atoms with Gasteiger partial charge in [0.25, 0.3) is 0 Å². The van der Waals surface area contributed by atoms with Gasteiger partial charge in [0.1, 0.15) is 5.56 Å². The Morgan fingerprint density at radius 2 is 1.86 bits per heavy atom. The lowest BCUT2D eigenvalue weighted by Gasteiger charge is -2.10. The standard InChI is InChI=1S/C8H6BrClO4/c1-2-4(9)7(12)6(11)3(5(2)10)8(13)14/h11-12H,1H3,(H,13,14). The van der Waals surface area contributed by atoms with Crippen LogP contribution in [0.25, 0.3) is 0 Å². The van der Waals surface area contributed by atoms with E-state index < -0.39 is 23.0 Å². The zero-order chi connectivity index (χ0) is 11.0. The fraction of sp³-hybridized carbons (Fsp3) is 0.125. The summed E-state index contributed by atoms with van der Waals surface area (Å²) in [5, 5.41) is 27.2. The van der Waals surface area contributed by atoms with Gasteiger partial charge in [0.05, 0.1) is 9.50 Å². The summed E-state index contributed by atoms with van der Waals surface area (Å²) >= 11 is 8.67. The fourth-order valence-corrected chi connectivity index (χ4v) is 1.75. The smallest absolute Gasteiger partial charge is 0.341 e. The Labute approximate surface area is 92.9 Å². The molecule has 0 aliphatic heterocycles. The van der Waals surface area contributed by atoms with Gasteiger partial charge < -0.3 is 15.3 Å². The minimum Gasteiger partial charge on any atom is -0.504 e. The van der Waals surface area contributed by atoms with Crippen LogP contribution in [0.4, 0.5) is 0 Å². The SMILES string of the molecule is Cc1c(Cl)c(C(=O)O)c(O)c(O)c1Br. The van der Waals surface area contributed by atoms with Crippen molar-refractivity contribution in [1.82, 2.24) is 0 Å². The largest absolute Gasteiger partial charge is 0.504 e. The van der Waals surface area contributed by atoms with Gasteiger partial charge in [0, 0.05) is 0 Å². The Morgan fingerprint density at radius 3 is 2.29 bits per heavy atom. The summed E-state index contributed by atoms with van der Waals surface area (Å²) in [6, 6.07) is 0. The van der Waals surface area contributed by atoms with E-state index in [-0.39, 0.29) is 9.50 Å². The maximum Gasteiger partial charge on any atom is 0.341 e. The third-order valence-electron chi connectivity index (χ3n) is 1.76. The molecular weight excluding hydrogens is 275 g/mol. The van der Waals surface area contributed by atoms with Crippen LogP contribution in [-0.4, -0.2) is 21.3 Å². The number of hydrogen-bond acceptors (Lipinski definition) is 3. The molecule has 1 aromatic carbocycles. The van der Waals surface area contributed by atoms with Gasteiger partial charge in [-0.25, -0.2) is 4.79 Å². The number of carboxylic acid groups (broad SMARTS) is 1. The number of carboxylic acids is 1. The Hall–Kier alpha value is -0.940. The van der Waals surface area contributed by atoms with Crippen molar-refractivity contribution in [1.29, 1.82) is 0 Å². The van der Waals surface area contributed by atoms with Crippen LogP contribution < -0.4 is 0 Å². The Balaban J connectivity index is 3.68. The Kier molecular flexibility index (Phi) is 2.92. The van der Waals surface area contributed by atoms with E-state index >= 15 is 0 Å². The molecule has 0 unspecified atom stereocenters. The summed E-state index contributed by atoms with van der Waals surface area (Å²) in [6.45, 7) is 1.53. The van der Waals surface area contributed by atoms with E-state index in [1.54, 1.807) is 0 Å². The summed E-state index contributed by atoms with van der Waals surface area (Å²) in [5.74, 6) is -2.65. The molecule has 14 heavy (non-hydrogen) atoms. The average Bonchev–Trinajstić information content (AvgIpc) is 2.11. The van der Waals surface area contributed by atoms with E-state index in [9.17, 15) is 15.0 Å². The second-order valence-corrected chi connectivity index (χ2v) is 3.80. The van der Waals surface area contributed by atoms with Gasteiger partial charge >= 0.3 is 5.97 Å². The summed E-state index contributed by atoms with van der Waals surface area (Å²) in [6.07, 6.45) is 0. The van der Waals surface area contributed by atoms with E-state index in [0.29, 0.717) is 5.56 Å². The highest BCUT2D eigenvalue weighted by Gasteiger charge is 2.23. The average molecular weight is 281 g/mol. The van der Waals surface area contributed by atoms with Gasteiger partial charge in [0.2, 0.25) is 0 Å². The van der Waals surface area contributed by atoms with Crippen molar-refractivity contribution in [3.05, 3.63) is 20.6 Å². The topological polar surface area (TPSA) is 77.8 Å². The highest BCUT2D eigenvalue weighted by Crippen LogP contribution is 2.43. The molecule has 0 saturated carbocycles. The fourth-order valence-electron chi connectivity index (χ4n) is 0.983. The molecular formula is C8H6BrClO4. The highest BCUT2D eigenvalue weighted by molar-refractivity contribution is 9.10. The lowest BCUT2D eigenvalue weighted by Crippen LogP contribution is -2.00. The van der Waals surface area contributed by atoms with Crippen LogP contribution in [-0.2, 0) is 0 Å². The molecule has 4 nitrogen and oxygen atoms in total. The molecule has 0 aliphatic rings. The maximum absolute atomic E-state index is 10.7. The number of hydrogen-bond donors (Lipinski definition) is 3. The monoisotopic (exact) mass is 280 g/mol. The molecule has 3 N–H and O–H groups in total. The van der Waals surface area contributed by atoms with Gasteiger partial charge in [-0.3, -0.25) is 0 Å². The molecule has 0 atom stereocenters. The zero-order valence-corrected chi connectivity index (χ0v) is 9.35. The second kappa shape index (κ2) is 3.67. The van der Waals surface area contributed by atoms with Crippen molar-refractivity contribution >= 4 is 33.5 Å². The molecule has 0 bridgehead atoms. The summed E-state index contributed by atoms with van der Waals surface area (Å²) < 4.78 is 0.185. The van der Waals surface area contributed by atoms with E-state index in [1.165, 1.54) is 6.92 Å². The lowest BCUT2D eigenvalue weighted by molar-refractivity contribution is 0.0693. The second-order valence-electron chi connectivity index (χ2n) is 2.63. The third-order valence-corrected chi connectivity index (χ3v) is 3.20. The molecule has 76 valence electrons. The number of benzene rings is 1. The van der Waals surface area contributed by atoms with Crippen molar-refractivity contribution in [3.63, 3.8) is 0 Å². The predicted octanol–water partition coefficient (Wildman–Crippen LogP) is 2.52. The molecule has 0 spiro atoms. The number of phenolic OH excluding ortho intramolecular Hbond substituents is 1. The highest BCUT2D eigenvalue weighted by atomic mass is 79.9. The van der Waals surface area contributed by atoms with Crippen LogP contribution in [0.15, 0.2) is 4.47 Å². The van der Waals surface area contributed by atoms with Crippen molar-refractivity contribution in [2.45, 2.75) is 6.92 Å². The first-order valence-electron chi connectivity index (χ1n) is 3.50. The minimum absolute atomic E-state index is 0.0975. The number of aromatic carboxylic acids is 1. The Morgan fingerprint density at radius 1 is 1.36 bits per heavy atom. The van der Waals surface area contributed by atoms with Crippen molar-refractivity contribution in [2.75, 3.05) is 0 Å². The number of carbonyl (C=O) groups is 1. The number of rotatable bonds is 1. The van der Waals surface area contributed by atoms with Crippen LogP contribution in [0.1, 0.15) is 15.9 Å². The van der Waals surface area contributed by atoms with E-state index in [0.717, 1.165) is 0 Å². The van der Waals surface area contributed by atoms with E-state index in [4.69, 9.17) is 16.7 Å². The molecule has 0 aromatic heterocycles. The summed E-state index contributed by atoms with van der Waals surface area (Å²) in [7, 11) is 0. The Bertz CT molecular complexity index is 387. The van der Waals surface area contributed by atoms with Crippen LogP contribution in [0.5, 0.6) is 11.5 Å². The molecule has 0 fully saturated rings. The molecule has 0 amide bonds. The van der Waals surface area contributed by atoms with Gasteiger partial charge in [-0.05, 0) is 28.4 Å². The van der Waals surface area contributed by atoms with Gasteiger partial charge in [0.15, 0.2) is 11.5 Å². The van der Waals surface area contributed by atoms with E-state index in [2.05, 4.69) is 15.9 Å². The first-order valence-corrected chi connectivity index (χ1v) is 4.67. The first kappa shape index (κ1) is 11.1. The van der Waals surface area contributed by atoms with Gasteiger partial charge in [-0.15, -0.1) is 0 Å². The molecule has 0 aliphatic carbocycles. The van der Waals surface area contributed by atoms with Gasteiger partial charge in [-0.1, -0.05) is 11.6 Å². The predicted molar refractivity (Wildman–Crippen MR) is 54.2 cm³/mol. The van der Waals surface area contributed by atoms with Gasteiger partial charge in [-0.2, -0.15) is 0 Å². The van der Waals surface area contributed by atoms with Crippen LogP contribution in [0.2, 0.25) is 5.02 Å². The van der Waals surface area contributed by atoms with E-state index in [1.807, 2.05) is 0 Å². The van der Waals surface area contributed by atoms with Crippen molar-refractivity contribution in [3.8, 4) is 11.5 Å². The van der Waals surface area contributed by atoms with Crippen LogP contribution in [0, 0.1) is 6.92 Å². The normalized spacial score (nSPS) is 10.2. The zero-order valence-electron chi connectivity index (χ0n) is 7.01. The maximum atomic E-state index is 10.7. The molecule has 1 rings (SSSR count). The quantitative estimate of drug-likeness (QED) is 0.691. The van der Waals surface area contributed by atoms with Crippen molar-refractivity contribution < 1.29 is 20.1 Å². The molecule has 1 aromatic rings. The van der Waals surface area contributed by atoms with Crippen molar-refractivity contribution in [2.24, 2.45) is 0 Å². The lowest BCUT2D eigenvalue weighted by atomic mass is 10.1. The number of phenols is 2. The molecule has 0 saturated heterocycles. The van der Waals surface area contributed by atoms with Crippen LogP contribution >= 0.6 is 27.5 Å². The van der Waals surface area contributed by atoms with Crippen LogP contribution in [0.3, 0.4) is 0 Å². The summed E-state index contributed by atoms with van der Waals surface area (Å²) in [5.41, 5.74) is -0.135. The molecule has 6 heteroatoms. The molecule has 0 radical (unpaired) electrons. The third kappa shape index (κ3) is 1.53. The minimum atomic E-state index is -1.39.